The standard InChI is InChI=1S/C22H21N3OS/c1-16-15-27-22(24-16)19-12-20(26-14-17-6-4-3-5-7-17)21(25(2)13-19)18-8-10-23-11-9-18/h3-12,15H,13-14H2,1-2H3. The summed E-state index contributed by atoms with van der Waals surface area (Å²) in [6.45, 7) is 3.35. The van der Waals surface area contributed by atoms with Crippen LogP contribution >= 0.6 is 11.3 Å². The second kappa shape index (κ2) is 7.76. The van der Waals surface area contributed by atoms with E-state index in [0.29, 0.717) is 6.61 Å². The second-order valence-corrected chi connectivity index (χ2v) is 7.40. The lowest BCUT2D eigenvalue weighted by molar-refractivity contribution is 0.207. The van der Waals surface area contributed by atoms with Crippen LogP contribution in [0.4, 0.5) is 0 Å². The predicted octanol–water partition coefficient (Wildman–Crippen LogP) is 4.76. The number of ether oxygens (including phenoxy) is 1. The molecule has 4 nitrogen and oxygen atoms in total. The molecule has 0 fully saturated rings. The number of allylic oxidation sites excluding steroid dienone is 1. The fourth-order valence-corrected chi connectivity index (χ4v) is 3.95. The van der Waals surface area contributed by atoms with E-state index in [4.69, 9.17) is 4.74 Å². The molecule has 0 atom stereocenters. The molecule has 0 aliphatic carbocycles. The molecule has 0 saturated carbocycles. The third-order valence-electron chi connectivity index (χ3n) is 4.41. The van der Waals surface area contributed by atoms with Crippen LogP contribution in [0.5, 0.6) is 0 Å². The number of benzene rings is 1. The van der Waals surface area contributed by atoms with E-state index >= 15 is 0 Å². The summed E-state index contributed by atoms with van der Waals surface area (Å²) in [5.41, 5.74) is 5.55. The van der Waals surface area contributed by atoms with Crippen molar-refractivity contribution in [2.75, 3.05) is 13.6 Å². The molecular formula is C22H21N3OS. The lowest BCUT2D eigenvalue weighted by Crippen LogP contribution is -2.24. The zero-order valence-corrected chi connectivity index (χ0v) is 16.2. The van der Waals surface area contributed by atoms with Crippen molar-refractivity contribution in [2.24, 2.45) is 0 Å². The van der Waals surface area contributed by atoms with Crippen LogP contribution < -0.4 is 0 Å². The molecular weight excluding hydrogens is 354 g/mol. The van der Waals surface area contributed by atoms with Gasteiger partial charge in [-0.1, -0.05) is 30.3 Å². The Morgan fingerprint density at radius 1 is 1.11 bits per heavy atom. The largest absolute Gasteiger partial charge is 0.487 e. The van der Waals surface area contributed by atoms with Gasteiger partial charge in [-0.25, -0.2) is 4.98 Å². The summed E-state index contributed by atoms with van der Waals surface area (Å²) in [6.07, 6.45) is 5.76. The van der Waals surface area contributed by atoms with Crippen LogP contribution in [0.15, 0.2) is 72.1 Å². The lowest BCUT2D eigenvalue weighted by atomic mass is 10.0. The minimum atomic E-state index is 0.527. The zero-order valence-electron chi connectivity index (χ0n) is 15.4. The molecule has 0 saturated heterocycles. The maximum atomic E-state index is 6.28. The molecule has 1 aliphatic heterocycles. The highest BCUT2D eigenvalue weighted by molar-refractivity contribution is 7.10. The van der Waals surface area contributed by atoms with Gasteiger partial charge < -0.3 is 9.64 Å². The maximum Gasteiger partial charge on any atom is 0.144 e. The molecule has 0 radical (unpaired) electrons. The van der Waals surface area contributed by atoms with E-state index in [-0.39, 0.29) is 0 Å². The van der Waals surface area contributed by atoms with Crippen molar-refractivity contribution >= 4 is 22.6 Å². The van der Waals surface area contributed by atoms with E-state index in [2.05, 4.69) is 45.5 Å². The van der Waals surface area contributed by atoms with Gasteiger partial charge in [0, 0.05) is 48.2 Å². The van der Waals surface area contributed by atoms with Gasteiger partial charge in [-0.3, -0.25) is 4.98 Å². The van der Waals surface area contributed by atoms with Gasteiger partial charge >= 0.3 is 0 Å². The van der Waals surface area contributed by atoms with E-state index in [9.17, 15) is 0 Å². The quantitative estimate of drug-likeness (QED) is 0.644. The summed E-state index contributed by atoms with van der Waals surface area (Å²) in [5, 5.41) is 3.14. The molecule has 3 aromatic rings. The molecule has 136 valence electrons. The Balaban J connectivity index is 1.73. The maximum absolute atomic E-state index is 6.28. The Hall–Kier alpha value is -2.92. The number of rotatable bonds is 5. The summed E-state index contributed by atoms with van der Waals surface area (Å²) >= 11 is 1.68. The first kappa shape index (κ1) is 17.5. The summed E-state index contributed by atoms with van der Waals surface area (Å²) in [4.78, 5) is 11.0. The average Bonchev–Trinajstić information content (AvgIpc) is 3.14. The van der Waals surface area contributed by atoms with Crippen molar-refractivity contribution in [1.29, 1.82) is 0 Å². The fourth-order valence-electron chi connectivity index (χ4n) is 3.14. The number of hydrogen-bond donors (Lipinski definition) is 0. The molecule has 1 aliphatic rings. The summed E-state index contributed by atoms with van der Waals surface area (Å²) in [6, 6.07) is 14.3. The monoisotopic (exact) mass is 375 g/mol. The van der Waals surface area contributed by atoms with Gasteiger partial charge in [-0.2, -0.15) is 0 Å². The lowest BCUT2D eigenvalue weighted by Gasteiger charge is -2.30. The average molecular weight is 375 g/mol. The Kier molecular flexibility index (Phi) is 5.03. The van der Waals surface area contributed by atoms with Crippen LogP contribution in [0.1, 0.15) is 21.8 Å². The van der Waals surface area contributed by atoms with Crippen molar-refractivity contribution in [3.63, 3.8) is 0 Å². The molecule has 0 bridgehead atoms. The summed E-state index contributed by atoms with van der Waals surface area (Å²) in [7, 11) is 2.09. The van der Waals surface area contributed by atoms with E-state index in [1.165, 1.54) is 5.57 Å². The van der Waals surface area contributed by atoms with Gasteiger partial charge in [-0.15, -0.1) is 11.3 Å². The Labute approximate surface area is 163 Å². The number of nitrogens with zero attached hydrogens (tertiary/aromatic N) is 3. The van der Waals surface area contributed by atoms with Crippen molar-refractivity contribution in [2.45, 2.75) is 13.5 Å². The van der Waals surface area contributed by atoms with Gasteiger partial charge in [0.05, 0.1) is 5.70 Å². The highest BCUT2D eigenvalue weighted by atomic mass is 32.1. The Morgan fingerprint density at radius 3 is 2.59 bits per heavy atom. The summed E-state index contributed by atoms with van der Waals surface area (Å²) < 4.78 is 6.28. The first-order chi connectivity index (χ1) is 13.2. The van der Waals surface area contributed by atoms with E-state index < -0.39 is 0 Å². The van der Waals surface area contributed by atoms with Crippen molar-refractivity contribution in [3.8, 4) is 0 Å². The van der Waals surface area contributed by atoms with Crippen molar-refractivity contribution < 1.29 is 4.74 Å². The first-order valence-corrected chi connectivity index (χ1v) is 9.74. The molecule has 0 N–H and O–H groups in total. The third kappa shape index (κ3) is 3.93. The van der Waals surface area contributed by atoms with Crippen molar-refractivity contribution in [3.05, 3.63) is 93.9 Å². The number of likely N-dealkylation sites (N-methyl/N-ethyl adjacent to an activating group) is 1. The number of aryl methyl sites for hydroxylation is 1. The van der Waals surface area contributed by atoms with Crippen LogP contribution in [0, 0.1) is 6.92 Å². The van der Waals surface area contributed by atoms with E-state index in [1.807, 2.05) is 49.6 Å². The minimum Gasteiger partial charge on any atom is -0.487 e. The first-order valence-electron chi connectivity index (χ1n) is 8.86. The SMILES string of the molecule is Cc1csc(C2=CC(OCc3ccccc3)=C(c3ccncc3)N(C)C2)n1. The van der Waals surface area contributed by atoms with Crippen LogP contribution in [-0.4, -0.2) is 28.5 Å². The van der Waals surface area contributed by atoms with Gasteiger partial charge in [0.25, 0.3) is 0 Å². The molecule has 2 aromatic heterocycles. The topological polar surface area (TPSA) is 38.2 Å². The zero-order chi connectivity index (χ0) is 18.6. The molecule has 0 amide bonds. The van der Waals surface area contributed by atoms with Gasteiger partial charge in [0.1, 0.15) is 17.4 Å². The van der Waals surface area contributed by atoms with Crippen LogP contribution in [0.3, 0.4) is 0 Å². The van der Waals surface area contributed by atoms with E-state index in [1.54, 1.807) is 11.3 Å². The molecule has 3 heterocycles. The number of pyridine rings is 1. The van der Waals surface area contributed by atoms with Gasteiger partial charge in [-0.05, 0) is 30.7 Å². The number of hydrogen-bond acceptors (Lipinski definition) is 5. The minimum absolute atomic E-state index is 0.527. The Bertz CT molecular complexity index is 977. The molecule has 0 unspecified atom stereocenters. The molecule has 0 spiro atoms. The van der Waals surface area contributed by atoms with Crippen molar-refractivity contribution in [1.82, 2.24) is 14.9 Å². The highest BCUT2D eigenvalue weighted by Gasteiger charge is 2.23. The van der Waals surface area contributed by atoms with Crippen LogP contribution in [0.25, 0.3) is 11.3 Å². The number of aromatic nitrogens is 2. The van der Waals surface area contributed by atoms with Gasteiger partial charge in [0.2, 0.25) is 0 Å². The fraction of sp³-hybridized carbons (Fsp3) is 0.182. The second-order valence-electron chi connectivity index (χ2n) is 6.54. The van der Waals surface area contributed by atoms with Crippen LogP contribution in [-0.2, 0) is 11.3 Å². The normalized spacial score (nSPS) is 14.3. The highest BCUT2D eigenvalue weighted by Crippen LogP contribution is 2.33. The van der Waals surface area contributed by atoms with Gasteiger partial charge in [0.15, 0.2) is 0 Å². The molecule has 27 heavy (non-hydrogen) atoms. The van der Waals surface area contributed by atoms with E-state index in [0.717, 1.165) is 39.8 Å². The predicted molar refractivity (Wildman–Crippen MR) is 110 cm³/mol. The summed E-state index contributed by atoms with van der Waals surface area (Å²) in [5.74, 6) is 0.863. The Morgan fingerprint density at radius 2 is 1.89 bits per heavy atom. The third-order valence-corrected chi connectivity index (χ3v) is 5.45. The molecule has 5 heteroatoms. The smallest absolute Gasteiger partial charge is 0.144 e. The molecule has 4 rings (SSSR count). The van der Waals surface area contributed by atoms with Crippen LogP contribution in [0.2, 0.25) is 0 Å². The molecule has 1 aromatic carbocycles. The number of thiazole rings is 1.